The highest BCUT2D eigenvalue weighted by Gasteiger charge is 2.41. The van der Waals surface area contributed by atoms with Gasteiger partial charge in [-0.25, -0.2) is 25.9 Å². The van der Waals surface area contributed by atoms with Gasteiger partial charge in [-0.2, -0.15) is 0 Å². The summed E-state index contributed by atoms with van der Waals surface area (Å²) in [6.07, 6.45) is 3.15. The first-order valence-corrected chi connectivity index (χ1v) is 13.0. The van der Waals surface area contributed by atoms with Crippen LogP contribution in [0.25, 0.3) is 0 Å². The molecule has 0 aromatic heterocycles. The van der Waals surface area contributed by atoms with E-state index in [9.17, 15) is 21.6 Å². The first kappa shape index (κ1) is 22.2. The van der Waals surface area contributed by atoms with Gasteiger partial charge in [-0.05, 0) is 62.3 Å². The van der Waals surface area contributed by atoms with E-state index in [1.807, 2.05) is 0 Å². The van der Waals surface area contributed by atoms with Gasteiger partial charge in [0, 0.05) is 31.7 Å². The van der Waals surface area contributed by atoms with Crippen LogP contribution in [0.2, 0.25) is 0 Å². The molecular formula is C19H29N3O5S2. The van der Waals surface area contributed by atoms with Gasteiger partial charge < -0.3 is 5.32 Å². The lowest BCUT2D eigenvalue weighted by molar-refractivity contribution is -0.115. The fourth-order valence-electron chi connectivity index (χ4n) is 3.53. The average Bonchev–Trinajstić information content (AvgIpc) is 3.52. The van der Waals surface area contributed by atoms with E-state index in [-0.39, 0.29) is 28.5 Å². The molecule has 29 heavy (non-hydrogen) atoms. The van der Waals surface area contributed by atoms with E-state index in [0.717, 1.165) is 12.8 Å². The van der Waals surface area contributed by atoms with Crippen LogP contribution in [-0.4, -0.2) is 51.9 Å². The summed E-state index contributed by atoms with van der Waals surface area (Å²) in [4.78, 5) is 11.7. The van der Waals surface area contributed by atoms with Crippen LogP contribution in [0.15, 0.2) is 23.1 Å². The van der Waals surface area contributed by atoms with Crippen molar-refractivity contribution in [3.8, 4) is 0 Å². The molecule has 1 aliphatic carbocycles. The second kappa shape index (κ2) is 8.71. The predicted molar refractivity (Wildman–Crippen MR) is 112 cm³/mol. The molecule has 1 heterocycles. The van der Waals surface area contributed by atoms with Crippen LogP contribution in [0.1, 0.15) is 44.6 Å². The van der Waals surface area contributed by atoms with Gasteiger partial charge in [-0.3, -0.25) is 4.79 Å². The van der Waals surface area contributed by atoms with E-state index < -0.39 is 20.0 Å². The molecule has 0 radical (unpaired) electrons. The number of anilines is 1. The minimum absolute atomic E-state index is 0.110. The summed E-state index contributed by atoms with van der Waals surface area (Å²) in [5.41, 5.74) is 1.12. The van der Waals surface area contributed by atoms with Crippen molar-refractivity contribution in [3.05, 3.63) is 23.8 Å². The monoisotopic (exact) mass is 443 g/mol. The van der Waals surface area contributed by atoms with Crippen molar-refractivity contribution in [2.45, 2.75) is 56.1 Å². The highest BCUT2D eigenvalue weighted by atomic mass is 32.2. The molecule has 1 aliphatic heterocycles. The second-order valence-corrected chi connectivity index (χ2v) is 11.8. The van der Waals surface area contributed by atoms with Gasteiger partial charge in [0.2, 0.25) is 26.0 Å². The summed E-state index contributed by atoms with van der Waals surface area (Å²) < 4.78 is 54.2. The molecule has 1 amide bonds. The van der Waals surface area contributed by atoms with Crippen LogP contribution < -0.4 is 10.0 Å². The molecule has 2 fully saturated rings. The third-order valence-electron chi connectivity index (χ3n) is 5.51. The number of carbonyl (C=O) groups excluding carboxylic acids is 1. The third kappa shape index (κ3) is 5.36. The quantitative estimate of drug-likeness (QED) is 0.636. The Morgan fingerprint density at radius 2 is 1.76 bits per heavy atom. The van der Waals surface area contributed by atoms with Crippen molar-refractivity contribution >= 4 is 31.6 Å². The SMILES string of the molecule is CCC(=O)Nc1ccc(S(=O)(=O)NCC2CCN(S(=O)(=O)C3CC3)CC2)c(C)c1. The van der Waals surface area contributed by atoms with Gasteiger partial charge in [-0.1, -0.05) is 6.92 Å². The summed E-state index contributed by atoms with van der Waals surface area (Å²) in [7, 11) is -6.84. The highest BCUT2D eigenvalue weighted by Crippen LogP contribution is 2.33. The Morgan fingerprint density at radius 1 is 1.10 bits per heavy atom. The highest BCUT2D eigenvalue weighted by molar-refractivity contribution is 7.90. The summed E-state index contributed by atoms with van der Waals surface area (Å²) >= 11 is 0. The number of benzene rings is 1. The normalized spacial score (nSPS) is 19.2. The average molecular weight is 444 g/mol. The molecule has 1 aromatic rings. The van der Waals surface area contributed by atoms with E-state index in [2.05, 4.69) is 10.0 Å². The molecule has 10 heteroatoms. The molecule has 0 atom stereocenters. The van der Waals surface area contributed by atoms with Crippen molar-refractivity contribution in [2.24, 2.45) is 5.92 Å². The van der Waals surface area contributed by atoms with E-state index in [1.165, 1.54) is 6.07 Å². The van der Waals surface area contributed by atoms with Crippen LogP contribution in [-0.2, 0) is 24.8 Å². The summed E-state index contributed by atoms with van der Waals surface area (Å²) in [5, 5.41) is 2.51. The molecule has 2 aliphatic rings. The van der Waals surface area contributed by atoms with Crippen LogP contribution in [0.3, 0.4) is 0 Å². The maximum atomic E-state index is 12.7. The van der Waals surface area contributed by atoms with Gasteiger partial charge in [0.1, 0.15) is 0 Å². The number of hydrogen-bond donors (Lipinski definition) is 2. The minimum atomic E-state index is -3.68. The molecule has 1 saturated carbocycles. The Balaban J connectivity index is 1.56. The van der Waals surface area contributed by atoms with Gasteiger partial charge in [-0.15, -0.1) is 0 Å². The van der Waals surface area contributed by atoms with Crippen molar-refractivity contribution in [1.82, 2.24) is 9.03 Å². The van der Waals surface area contributed by atoms with Crippen molar-refractivity contribution in [2.75, 3.05) is 25.0 Å². The minimum Gasteiger partial charge on any atom is -0.326 e. The Labute approximate surface area is 173 Å². The molecule has 162 valence electrons. The summed E-state index contributed by atoms with van der Waals surface area (Å²) in [5.74, 6) is -0.0213. The molecule has 0 bridgehead atoms. The van der Waals surface area contributed by atoms with E-state index >= 15 is 0 Å². The number of piperidine rings is 1. The first-order chi connectivity index (χ1) is 13.6. The van der Waals surface area contributed by atoms with Crippen LogP contribution in [0.4, 0.5) is 5.69 Å². The maximum Gasteiger partial charge on any atom is 0.240 e. The molecule has 0 unspecified atom stereocenters. The lowest BCUT2D eigenvalue weighted by Gasteiger charge is -2.31. The number of hydrogen-bond acceptors (Lipinski definition) is 5. The largest absolute Gasteiger partial charge is 0.326 e. The second-order valence-electron chi connectivity index (χ2n) is 7.82. The lowest BCUT2D eigenvalue weighted by atomic mass is 9.99. The predicted octanol–water partition coefficient (Wildman–Crippen LogP) is 1.83. The smallest absolute Gasteiger partial charge is 0.240 e. The van der Waals surface area contributed by atoms with Crippen molar-refractivity contribution in [1.29, 1.82) is 0 Å². The zero-order valence-electron chi connectivity index (χ0n) is 16.8. The maximum absolute atomic E-state index is 12.7. The van der Waals surface area contributed by atoms with Gasteiger partial charge in [0.25, 0.3) is 0 Å². The fourth-order valence-corrected chi connectivity index (χ4v) is 6.74. The molecule has 8 nitrogen and oxygen atoms in total. The number of aryl methyl sites for hydroxylation is 1. The van der Waals surface area contributed by atoms with E-state index in [4.69, 9.17) is 0 Å². The Morgan fingerprint density at radius 3 is 2.31 bits per heavy atom. The van der Waals surface area contributed by atoms with E-state index in [0.29, 0.717) is 43.6 Å². The molecule has 1 aromatic carbocycles. The zero-order valence-corrected chi connectivity index (χ0v) is 18.5. The summed E-state index contributed by atoms with van der Waals surface area (Å²) in [6.45, 7) is 4.63. The third-order valence-corrected chi connectivity index (χ3v) is 9.49. The van der Waals surface area contributed by atoms with Crippen LogP contribution in [0.5, 0.6) is 0 Å². The first-order valence-electron chi connectivity index (χ1n) is 10.0. The topological polar surface area (TPSA) is 113 Å². The number of rotatable bonds is 8. The number of amides is 1. The Hall–Kier alpha value is -1.49. The van der Waals surface area contributed by atoms with Crippen LogP contribution >= 0.6 is 0 Å². The Kier molecular flexibility index (Phi) is 6.67. The number of sulfonamides is 2. The number of nitrogens with zero attached hydrogens (tertiary/aromatic N) is 1. The molecule has 2 N–H and O–H groups in total. The van der Waals surface area contributed by atoms with E-state index in [1.54, 1.807) is 30.3 Å². The summed E-state index contributed by atoms with van der Waals surface area (Å²) in [6, 6.07) is 4.72. The molecule has 0 spiro atoms. The van der Waals surface area contributed by atoms with Gasteiger partial charge in [0.05, 0.1) is 10.1 Å². The van der Waals surface area contributed by atoms with Crippen LogP contribution in [0, 0.1) is 12.8 Å². The molecule has 1 saturated heterocycles. The van der Waals surface area contributed by atoms with Gasteiger partial charge >= 0.3 is 0 Å². The molecule has 3 rings (SSSR count). The zero-order chi connectivity index (χ0) is 21.2. The standard InChI is InChI=1S/C19H29N3O5S2/c1-3-19(23)21-16-4-7-18(14(2)12-16)28(24,25)20-13-15-8-10-22(11-9-15)29(26,27)17-5-6-17/h4,7,12,15,17,20H,3,5-6,8-11,13H2,1-2H3,(H,21,23). The lowest BCUT2D eigenvalue weighted by Crippen LogP contribution is -2.42. The van der Waals surface area contributed by atoms with Crippen molar-refractivity contribution in [3.63, 3.8) is 0 Å². The number of carbonyl (C=O) groups is 1. The molecular weight excluding hydrogens is 414 g/mol. The van der Waals surface area contributed by atoms with Gasteiger partial charge in [0.15, 0.2) is 0 Å². The Bertz CT molecular complexity index is 964. The number of nitrogens with one attached hydrogen (secondary N) is 2. The fraction of sp³-hybridized carbons (Fsp3) is 0.632. The van der Waals surface area contributed by atoms with Crippen molar-refractivity contribution < 1.29 is 21.6 Å².